The van der Waals surface area contributed by atoms with Gasteiger partial charge in [0.25, 0.3) is 0 Å². The maximum Gasteiger partial charge on any atom is 0.226 e. The van der Waals surface area contributed by atoms with Crippen molar-refractivity contribution in [3.8, 4) is 0 Å². The topological polar surface area (TPSA) is 58.9 Å². The molecule has 26 heavy (non-hydrogen) atoms. The fraction of sp³-hybridized carbons (Fsp3) is 0.368. The number of nitrogens with zero attached hydrogens (tertiary/aromatic N) is 3. The molecule has 0 bridgehead atoms. The summed E-state index contributed by atoms with van der Waals surface area (Å²) in [7, 11) is 0. The molecule has 0 spiro atoms. The molecule has 0 aliphatic carbocycles. The molecule has 6 nitrogen and oxygen atoms in total. The van der Waals surface area contributed by atoms with Gasteiger partial charge in [0.05, 0.1) is 25.3 Å². The Morgan fingerprint density at radius 1 is 1.27 bits per heavy atom. The molecule has 1 N–H and O–H groups in total. The Hall–Kier alpha value is -2.22. The lowest BCUT2D eigenvalue weighted by Gasteiger charge is -2.26. The summed E-state index contributed by atoms with van der Waals surface area (Å²) in [6.45, 7) is 5.03. The minimum atomic E-state index is -0.00525. The molecule has 1 fully saturated rings. The van der Waals surface area contributed by atoms with E-state index in [0.29, 0.717) is 13.0 Å². The largest absolute Gasteiger partial charge is 0.379 e. The zero-order valence-corrected chi connectivity index (χ0v) is 15.4. The maximum atomic E-state index is 12.2. The van der Waals surface area contributed by atoms with Crippen molar-refractivity contribution in [3.05, 3.63) is 58.9 Å². The quantitative estimate of drug-likeness (QED) is 0.722. The first-order chi connectivity index (χ1) is 12.8. The van der Waals surface area contributed by atoms with Crippen molar-refractivity contribution >= 4 is 22.2 Å². The number of ether oxygens (including phenoxy) is 1. The van der Waals surface area contributed by atoms with Crippen molar-refractivity contribution in [2.45, 2.75) is 19.5 Å². The molecule has 3 aromatic rings. The van der Waals surface area contributed by atoms with Gasteiger partial charge in [0.15, 0.2) is 4.96 Å². The lowest BCUT2D eigenvalue weighted by molar-refractivity contribution is -0.120. The van der Waals surface area contributed by atoms with E-state index >= 15 is 0 Å². The third-order valence-electron chi connectivity index (χ3n) is 4.48. The second-order valence-corrected chi connectivity index (χ2v) is 7.36. The van der Waals surface area contributed by atoms with E-state index in [9.17, 15) is 4.79 Å². The summed E-state index contributed by atoms with van der Waals surface area (Å²) in [6, 6.07) is 8.41. The third kappa shape index (κ3) is 4.30. The second kappa shape index (κ2) is 7.99. The molecule has 7 heteroatoms. The van der Waals surface area contributed by atoms with Crippen LogP contribution in [0.5, 0.6) is 0 Å². The predicted molar refractivity (Wildman–Crippen MR) is 101 cm³/mol. The lowest BCUT2D eigenvalue weighted by atomic mass is 10.1. The van der Waals surface area contributed by atoms with Crippen LogP contribution in [-0.4, -0.2) is 46.5 Å². The molecule has 0 atom stereocenters. The van der Waals surface area contributed by atoms with Gasteiger partial charge in [-0.1, -0.05) is 24.3 Å². The van der Waals surface area contributed by atoms with E-state index in [2.05, 4.69) is 39.5 Å². The van der Waals surface area contributed by atoms with Gasteiger partial charge in [0.2, 0.25) is 5.91 Å². The molecule has 1 amide bonds. The number of nitrogens with one attached hydrogen (secondary N) is 1. The SMILES string of the molecule is O=C(Cc1cn2ccsc2n1)NCc1cccc(CN2CCOCC2)c1. The molecule has 0 unspecified atom stereocenters. The number of imidazole rings is 1. The Morgan fingerprint density at radius 3 is 2.96 bits per heavy atom. The highest BCUT2D eigenvalue weighted by Gasteiger charge is 2.11. The van der Waals surface area contributed by atoms with Gasteiger partial charge in [-0.05, 0) is 11.1 Å². The number of thiazole rings is 1. The summed E-state index contributed by atoms with van der Waals surface area (Å²) in [5.74, 6) is -0.00525. The highest BCUT2D eigenvalue weighted by Crippen LogP contribution is 2.12. The van der Waals surface area contributed by atoms with Crippen LogP contribution in [0, 0.1) is 0 Å². The number of carbonyl (C=O) groups excluding carboxylic acids is 1. The van der Waals surface area contributed by atoms with Gasteiger partial charge < -0.3 is 10.1 Å². The Kier molecular flexibility index (Phi) is 5.29. The number of rotatable bonds is 6. The highest BCUT2D eigenvalue weighted by atomic mass is 32.1. The van der Waals surface area contributed by atoms with E-state index in [1.807, 2.05) is 22.2 Å². The molecular formula is C19H22N4O2S. The highest BCUT2D eigenvalue weighted by molar-refractivity contribution is 7.15. The molecule has 3 heterocycles. The normalized spacial score (nSPS) is 15.4. The first-order valence-corrected chi connectivity index (χ1v) is 9.70. The summed E-state index contributed by atoms with van der Waals surface area (Å²) in [4.78, 5) is 20.0. The van der Waals surface area contributed by atoms with Gasteiger partial charge in [-0.2, -0.15) is 0 Å². The summed E-state index contributed by atoms with van der Waals surface area (Å²) in [6.07, 6.45) is 4.17. The summed E-state index contributed by atoms with van der Waals surface area (Å²) in [5, 5.41) is 4.98. The molecule has 1 saturated heterocycles. The van der Waals surface area contributed by atoms with Crippen LogP contribution in [0.2, 0.25) is 0 Å². The minimum absolute atomic E-state index is 0.00525. The number of hydrogen-bond acceptors (Lipinski definition) is 5. The fourth-order valence-electron chi connectivity index (χ4n) is 3.14. The Morgan fingerprint density at radius 2 is 2.12 bits per heavy atom. The Labute approximate surface area is 156 Å². The van der Waals surface area contributed by atoms with Crippen LogP contribution in [0.25, 0.3) is 4.96 Å². The van der Waals surface area contributed by atoms with Crippen LogP contribution in [0.4, 0.5) is 0 Å². The first kappa shape index (κ1) is 17.2. The first-order valence-electron chi connectivity index (χ1n) is 8.82. The number of morpholine rings is 1. The number of benzene rings is 1. The summed E-state index contributed by atoms with van der Waals surface area (Å²) >= 11 is 1.57. The van der Waals surface area contributed by atoms with Crippen LogP contribution in [0.3, 0.4) is 0 Å². The van der Waals surface area contributed by atoms with Gasteiger partial charge in [-0.3, -0.25) is 14.1 Å². The van der Waals surface area contributed by atoms with E-state index in [1.54, 1.807) is 11.3 Å². The standard InChI is InChI=1S/C19H22N4O2S/c24-18(11-17-14-23-6-9-26-19(23)21-17)20-12-15-2-1-3-16(10-15)13-22-4-7-25-8-5-22/h1-3,6,9-10,14H,4-5,7-8,11-13H2,(H,20,24). The number of hydrogen-bond donors (Lipinski definition) is 1. The lowest BCUT2D eigenvalue weighted by Crippen LogP contribution is -2.35. The average Bonchev–Trinajstić information content (AvgIpc) is 3.23. The molecule has 2 aromatic heterocycles. The Bertz CT molecular complexity index is 854. The van der Waals surface area contributed by atoms with E-state index in [1.165, 1.54) is 5.56 Å². The van der Waals surface area contributed by atoms with Crippen LogP contribution < -0.4 is 5.32 Å². The molecule has 1 aliphatic rings. The summed E-state index contributed by atoms with van der Waals surface area (Å²) in [5.41, 5.74) is 3.19. The average molecular weight is 370 g/mol. The number of aromatic nitrogens is 2. The van der Waals surface area contributed by atoms with Crippen LogP contribution in [0.15, 0.2) is 42.0 Å². The fourth-order valence-corrected chi connectivity index (χ4v) is 3.86. The maximum absolute atomic E-state index is 12.2. The van der Waals surface area contributed by atoms with Crippen molar-refractivity contribution in [1.82, 2.24) is 19.6 Å². The van der Waals surface area contributed by atoms with E-state index in [-0.39, 0.29) is 5.91 Å². The van der Waals surface area contributed by atoms with E-state index in [4.69, 9.17) is 4.74 Å². The van der Waals surface area contributed by atoms with Crippen molar-refractivity contribution < 1.29 is 9.53 Å². The summed E-state index contributed by atoms with van der Waals surface area (Å²) < 4.78 is 7.34. The molecular weight excluding hydrogens is 348 g/mol. The molecule has 1 aliphatic heterocycles. The van der Waals surface area contributed by atoms with Gasteiger partial charge in [0, 0.05) is 44.0 Å². The van der Waals surface area contributed by atoms with Crippen LogP contribution in [0.1, 0.15) is 16.8 Å². The van der Waals surface area contributed by atoms with Crippen LogP contribution in [-0.2, 0) is 29.0 Å². The molecule has 1 aromatic carbocycles. The molecule has 4 rings (SSSR count). The second-order valence-electron chi connectivity index (χ2n) is 6.49. The van der Waals surface area contributed by atoms with Gasteiger partial charge in [-0.15, -0.1) is 11.3 Å². The number of amides is 1. The number of fused-ring (bicyclic) bond motifs is 1. The van der Waals surface area contributed by atoms with Crippen molar-refractivity contribution in [3.63, 3.8) is 0 Å². The number of carbonyl (C=O) groups is 1. The predicted octanol–water partition coefficient (Wildman–Crippen LogP) is 2.09. The monoisotopic (exact) mass is 370 g/mol. The van der Waals surface area contributed by atoms with Gasteiger partial charge in [-0.25, -0.2) is 4.98 Å². The van der Waals surface area contributed by atoms with E-state index < -0.39 is 0 Å². The third-order valence-corrected chi connectivity index (χ3v) is 5.25. The molecule has 0 radical (unpaired) electrons. The molecule has 0 saturated carbocycles. The zero-order chi connectivity index (χ0) is 17.8. The van der Waals surface area contributed by atoms with Crippen molar-refractivity contribution in [1.29, 1.82) is 0 Å². The van der Waals surface area contributed by atoms with Crippen LogP contribution >= 0.6 is 11.3 Å². The minimum Gasteiger partial charge on any atom is -0.379 e. The molecule has 136 valence electrons. The van der Waals surface area contributed by atoms with Crippen molar-refractivity contribution in [2.75, 3.05) is 26.3 Å². The van der Waals surface area contributed by atoms with Crippen molar-refractivity contribution in [2.24, 2.45) is 0 Å². The smallest absolute Gasteiger partial charge is 0.226 e. The zero-order valence-electron chi connectivity index (χ0n) is 14.6. The van der Waals surface area contributed by atoms with E-state index in [0.717, 1.165) is 49.1 Å². The van der Waals surface area contributed by atoms with Gasteiger partial charge in [0.1, 0.15) is 0 Å². The Balaban J connectivity index is 1.30. The van der Waals surface area contributed by atoms with Gasteiger partial charge >= 0.3 is 0 Å².